The van der Waals surface area contributed by atoms with E-state index in [2.05, 4.69) is 41.9 Å². The molecule has 1 aromatic heterocycles. The van der Waals surface area contributed by atoms with Crippen molar-refractivity contribution >= 4 is 21.4 Å². The van der Waals surface area contributed by atoms with Crippen molar-refractivity contribution in [2.75, 3.05) is 0 Å². The quantitative estimate of drug-likeness (QED) is 0.830. The van der Waals surface area contributed by atoms with E-state index in [1.54, 1.807) is 0 Å². The Morgan fingerprint density at radius 1 is 1.21 bits per heavy atom. The third-order valence-corrected chi connectivity index (χ3v) is 5.54. The summed E-state index contributed by atoms with van der Waals surface area (Å²) in [6, 6.07) is 9.38. The SMILES string of the molecule is CC(NCc1csc2ccccc12)C1CCCCC1. The first-order chi connectivity index (χ1) is 9.34. The molecule has 0 bridgehead atoms. The van der Waals surface area contributed by atoms with Crippen LogP contribution in [0, 0.1) is 5.92 Å². The van der Waals surface area contributed by atoms with Gasteiger partial charge in [0.05, 0.1) is 0 Å². The first-order valence-corrected chi connectivity index (χ1v) is 8.41. The van der Waals surface area contributed by atoms with Gasteiger partial charge in [0.15, 0.2) is 0 Å². The second kappa shape index (κ2) is 6.06. The summed E-state index contributed by atoms with van der Waals surface area (Å²) in [6.45, 7) is 3.38. The van der Waals surface area contributed by atoms with Gasteiger partial charge in [-0.2, -0.15) is 0 Å². The largest absolute Gasteiger partial charge is 0.310 e. The highest BCUT2D eigenvalue weighted by molar-refractivity contribution is 7.17. The summed E-state index contributed by atoms with van der Waals surface area (Å²) in [6.07, 6.45) is 7.13. The monoisotopic (exact) mass is 273 g/mol. The summed E-state index contributed by atoms with van der Waals surface area (Å²) in [4.78, 5) is 0. The highest BCUT2D eigenvalue weighted by Gasteiger charge is 2.19. The predicted octanol–water partition coefficient (Wildman–Crippen LogP) is 4.96. The van der Waals surface area contributed by atoms with E-state index >= 15 is 0 Å². The maximum absolute atomic E-state index is 3.75. The normalized spacial score (nSPS) is 18.8. The maximum Gasteiger partial charge on any atom is 0.0346 e. The molecule has 0 amide bonds. The minimum Gasteiger partial charge on any atom is -0.310 e. The summed E-state index contributed by atoms with van der Waals surface area (Å²) >= 11 is 1.86. The Labute approximate surface area is 120 Å². The van der Waals surface area contributed by atoms with Gasteiger partial charge in [-0.1, -0.05) is 37.5 Å². The van der Waals surface area contributed by atoms with Crippen LogP contribution in [0.5, 0.6) is 0 Å². The molecular weight excluding hydrogens is 250 g/mol. The fourth-order valence-corrected chi connectivity index (χ4v) is 4.20. The minimum absolute atomic E-state index is 0.652. The van der Waals surface area contributed by atoms with Crippen LogP contribution in [-0.2, 0) is 6.54 Å². The van der Waals surface area contributed by atoms with Crippen molar-refractivity contribution in [2.45, 2.75) is 51.6 Å². The molecule has 102 valence electrons. The molecule has 1 aromatic carbocycles. The smallest absolute Gasteiger partial charge is 0.0346 e. The lowest BCUT2D eigenvalue weighted by Gasteiger charge is -2.28. The molecule has 0 spiro atoms. The molecule has 1 fully saturated rings. The van der Waals surface area contributed by atoms with Crippen molar-refractivity contribution < 1.29 is 0 Å². The molecule has 1 N–H and O–H groups in total. The van der Waals surface area contributed by atoms with E-state index < -0.39 is 0 Å². The molecule has 1 aliphatic rings. The third-order valence-electron chi connectivity index (χ3n) is 4.53. The molecule has 1 atom stereocenters. The zero-order valence-electron chi connectivity index (χ0n) is 11.7. The number of benzene rings is 1. The van der Waals surface area contributed by atoms with Crippen molar-refractivity contribution in [1.29, 1.82) is 0 Å². The molecule has 1 saturated carbocycles. The highest BCUT2D eigenvalue weighted by Crippen LogP contribution is 2.28. The van der Waals surface area contributed by atoms with Crippen LogP contribution in [0.15, 0.2) is 29.6 Å². The standard InChI is InChI=1S/C17H23NS/c1-13(14-7-3-2-4-8-14)18-11-15-12-19-17-10-6-5-9-16(15)17/h5-6,9-10,12-14,18H,2-4,7-8,11H2,1H3. The number of nitrogens with one attached hydrogen (secondary N) is 1. The average Bonchev–Trinajstić information content (AvgIpc) is 2.89. The van der Waals surface area contributed by atoms with Crippen molar-refractivity contribution in [3.8, 4) is 0 Å². The van der Waals surface area contributed by atoms with Gasteiger partial charge in [-0.05, 0) is 48.1 Å². The van der Waals surface area contributed by atoms with E-state index in [4.69, 9.17) is 0 Å². The molecule has 1 heterocycles. The Hall–Kier alpha value is -0.860. The Balaban J connectivity index is 1.62. The number of thiophene rings is 1. The first-order valence-electron chi connectivity index (χ1n) is 7.53. The topological polar surface area (TPSA) is 12.0 Å². The van der Waals surface area contributed by atoms with Gasteiger partial charge in [-0.15, -0.1) is 11.3 Å². The lowest BCUT2D eigenvalue weighted by atomic mass is 9.84. The summed E-state index contributed by atoms with van der Waals surface area (Å²) < 4.78 is 1.41. The van der Waals surface area contributed by atoms with E-state index in [9.17, 15) is 0 Å². The molecule has 0 radical (unpaired) electrons. The maximum atomic E-state index is 3.75. The fourth-order valence-electron chi connectivity index (χ4n) is 3.24. The third kappa shape index (κ3) is 3.01. The van der Waals surface area contributed by atoms with Crippen molar-refractivity contribution in [1.82, 2.24) is 5.32 Å². The van der Waals surface area contributed by atoms with Crippen molar-refractivity contribution in [2.24, 2.45) is 5.92 Å². The summed E-state index contributed by atoms with van der Waals surface area (Å²) in [7, 11) is 0. The molecule has 1 aliphatic carbocycles. The fraction of sp³-hybridized carbons (Fsp3) is 0.529. The minimum atomic E-state index is 0.652. The van der Waals surface area contributed by atoms with Gasteiger partial charge in [-0.3, -0.25) is 0 Å². The lowest BCUT2D eigenvalue weighted by molar-refractivity contribution is 0.281. The van der Waals surface area contributed by atoms with Gasteiger partial charge in [0, 0.05) is 17.3 Å². The molecule has 1 nitrogen and oxygen atoms in total. The van der Waals surface area contributed by atoms with E-state index in [1.165, 1.54) is 47.8 Å². The van der Waals surface area contributed by atoms with Crippen LogP contribution >= 0.6 is 11.3 Å². The average molecular weight is 273 g/mol. The van der Waals surface area contributed by atoms with Crippen LogP contribution in [0.4, 0.5) is 0 Å². The predicted molar refractivity (Wildman–Crippen MR) is 84.7 cm³/mol. The van der Waals surface area contributed by atoms with Crippen LogP contribution in [-0.4, -0.2) is 6.04 Å². The molecule has 0 aliphatic heterocycles. The van der Waals surface area contributed by atoms with E-state index in [1.807, 2.05) is 11.3 Å². The Kier molecular flexibility index (Phi) is 4.19. The Bertz CT molecular complexity index is 525. The molecule has 1 unspecified atom stereocenters. The zero-order valence-corrected chi connectivity index (χ0v) is 12.5. The number of rotatable bonds is 4. The van der Waals surface area contributed by atoms with Crippen molar-refractivity contribution in [3.05, 3.63) is 35.2 Å². The van der Waals surface area contributed by atoms with E-state index in [0.29, 0.717) is 6.04 Å². The molecule has 19 heavy (non-hydrogen) atoms. The van der Waals surface area contributed by atoms with Gasteiger partial charge in [0.2, 0.25) is 0 Å². The van der Waals surface area contributed by atoms with Gasteiger partial charge in [0.25, 0.3) is 0 Å². The molecule has 3 rings (SSSR count). The number of fused-ring (bicyclic) bond motifs is 1. The molecule has 2 heteroatoms. The second-order valence-electron chi connectivity index (χ2n) is 5.82. The van der Waals surface area contributed by atoms with Crippen LogP contribution < -0.4 is 5.32 Å². The summed E-state index contributed by atoms with van der Waals surface area (Å²) in [5.74, 6) is 0.888. The van der Waals surface area contributed by atoms with Gasteiger partial charge in [-0.25, -0.2) is 0 Å². The zero-order chi connectivity index (χ0) is 13.1. The van der Waals surface area contributed by atoms with Crippen LogP contribution in [0.1, 0.15) is 44.6 Å². The van der Waals surface area contributed by atoms with Crippen LogP contribution in [0.2, 0.25) is 0 Å². The Morgan fingerprint density at radius 2 is 2.00 bits per heavy atom. The highest BCUT2D eigenvalue weighted by atomic mass is 32.1. The summed E-state index contributed by atoms with van der Waals surface area (Å²) in [5, 5.41) is 7.49. The summed E-state index contributed by atoms with van der Waals surface area (Å²) in [5.41, 5.74) is 1.46. The number of hydrogen-bond donors (Lipinski definition) is 1. The second-order valence-corrected chi connectivity index (χ2v) is 6.74. The van der Waals surface area contributed by atoms with Crippen LogP contribution in [0.25, 0.3) is 10.1 Å². The number of hydrogen-bond acceptors (Lipinski definition) is 2. The van der Waals surface area contributed by atoms with E-state index in [-0.39, 0.29) is 0 Å². The van der Waals surface area contributed by atoms with Crippen LogP contribution in [0.3, 0.4) is 0 Å². The van der Waals surface area contributed by atoms with Gasteiger partial charge >= 0.3 is 0 Å². The lowest BCUT2D eigenvalue weighted by Crippen LogP contribution is -2.34. The van der Waals surface area contributed by atoms with Gasteiger partial charge < -0.3 is 5.32 Å². The molecular formula is C17H23NS. The van der Waals surface area contributed by atoms with E-state index in [0.717, 1.165) is 12.5 Å². The first kappa shape index (κ1) is 13.1. The van der Waals surface area contributed by atoms with Gasteiger partial charge in [0.1, 0.15) is 0 Å². The molecule has 0 saturated heterocycles. The van der Waals surface area contributed by atoms with Crippen molar-refractivity contribution in [3.63, 3.8) is 0 Å². The molecule has 2 aromatic rings. The Morgan fingerprint density at radius 3 is 2.84 bits per heavy atom.